The number of carbonyl (C=O) groups is 1. The zero-order valence-electron chi connectivity index (χ0n) is 15.1. The van der Waals surface area contributed by atoms with Crippen LogP contribution in [0.3, 0.4) is 0 Å². The van der Waals surface area contributed by atoms with Crippen molar-refractivity contribution in [3.8, 4) is 0 Å². The highest BCUT2D eigenvalue weighted by Crippen LogP contribution is 2.64. The Balaban J connectivity index is 1.29. The van der Waals surface area contributed by atoms with Gasteiger partial charge in [-0.25, -0.2) is 0 Å². The van der Waals surface area contributed by atoms with Crippen molar-refractivity contribution in [1.29, 1.82) is 0 Å². The summed E-state index contributed by atoms with van der Waals surface area (Å²) in [6.45, 7) is 3.46. The highest BCUT2D eigenvalue weighted by atomic mass is 79.9. The molecule has 1 saturated heterocycles. The van der Waals surface area contributed by atoms with Crippen LogP contribution in [-0.4, -0.2) is 41.3 Å². The minimum absolute atomic E-state index is 0.0776. The third kappa shape index (κ3) is 2.88. The fourth-order valence-corrected chi connectivity index (χ4v) is 8.21. The van der Waals surface area contributed by atoms with E-state index in [1.165, 1.54) is 24.9 Å². The van der Waals surface area contributed by atoms with Gasteiger partial charge in [-0.3, -0.25) is 4.79 Å². The van der Waals surface area contributed by atoms with Gasteiger partial charge in [0.2, 0.25) is 5.91 Å². The van der Waals surface area contributed by atoms with E-state index in [-0.39, 0.29) is 9.74 Å². The summed E-state index contributed by atoms with van der Waals surface area (Å²) in [6, 6.07) is 8.04. The summed E-state index contributed by atoms with van der Waals surface area (Å²) >= 11 is 10.2. The van der Waals surface area contributed by atoms with Crippen molar-refractivity contribution in [3.05, 3.63) is 29.3 Å². The molecule has 2 atom stereocenters. The Bertz CT molecular complexity index is 716. The first-order chi connectivity index (χ1) is 12.4. The quantitative estimate of drug-likeness (QED) is 0.625. The molecule has 1 aromatic carbocycles. The third-order valence-electron chi connectivity index (χ3n) is 7.18. The molecule has 1 amide bonds. The highest BCUT2D eigenvalue weighted by molar-refractivity contribution is 9.10. The Morgan fingerprint density at radius 1 is 1.08 bits per heavy atom. The summed E-state index contributed by atoms with van der Waals surface area (Å²) in [5.74, 6) is 1.96. The summed E-state index contributed by atoms with van der Waals surface area (Å²) in [5, 5.41) is 0.775. The van der Waals surface area contributed by atoms with Crippen LogP contribution in [0.2, 0.25) is 5.02 Å². The minimum atomic E-state index is -0.0776. The van der Waals surface area contributed by atoms with Crippen molar-refractivity contribution in [2.75, 3.05) is 31.1 Å². The molecule has 4 bridgehead atoms. The Morgan fingerprint density at radius 3 is 2.38 bits per heavy atom. The average molecular weight is 438 g/mol. The van der Waals surface area contributed by atoms with Crippen LogP contribution in [0.5, 0.6) is 0 Å². The second kappa shape index (κ2) is 6.13. The fourth-order valence-electron chi connectivity index (χ4n) is 6.58. The molecule has 1 aromatic rings. The van der Waals surface area contributed by atoms with E-state index >= 15 is 0 Å². The number of alkyl halides is 1. The van der Waals surface area contributed by atoms with Crippen LogP contribution >= 0.6 is 27.5 Å². The molecule has 5 aliphatic rings. The molecular formula is C21H26BrClN2O. The zero-order valence-corrected chi connectivity index (χ0v) is 17.4. The number of amides is 1. The third-order valence-corrected chi connectivity index (χ3v) is 8.35. The van der Waals surface area contributed by atoms with E-state index in [9.17, 15) is 4.79 Å². The molecule has 0 radical (unpaired) electrons. The molecule has 1 aliphatic heterocycles. The maximum absolute atomic E-state index is 13.6. The van der Waals surface area contributed by atoms with E-state index in [1.807, 2.05) is 18.2 Å². The zero-order chi connectivity index (χ0) is 17.9. The van der Waals surface area contributed by atoms with Crippen molar-refractivity contribution < 1.29 is 4.79 Å². The average Bonchev–Trinajstić information content (AvgIpc) is 2.59. The summed E-state index contributed by atoms with van der Waals surface area (Å²) in [5.41, 5.74) is 1.09. The molecular weight excluding hydrogens is 412 g/mol. The Hall–Kier alpha value is -0.740. The van der Waals surface area contributed by atoms with Crippen LogP contribution in [0.25, 0.3) is 0 Å². The predicted molar refractivity (Wildman–Crippen MR) is 109 cm³/mol. The van der Waals surface area contributed by atoms with Gasteiger partial charge in [0.25, 0.3) is 0 Å². The van der Waals surface area contributed by atoms with E-state index in [2.05, 4.69) is 31.8 Å². The molecule has 0 N–H and O–H groups in total. The van der Waals surface area contributed by atoms with Crippen LogP contribution in [0.4, 0.5) is 5.69 Å². The Labute approximate surface area is 169 Å². The maximum Gasteiger partial charge on any atom is 0.228 e. The number of rotatable bonds is 2. The lowest BCUT2D eigenvalue weighted by Crippen LogP contribution is -2.61. The van der Waals surface area contributed by atoms with Crippen molar-refractivity contribution in [2.45, 2.75) is 42.8 Å². The Morgan fingerprint density at radius 2 is 1.77 bits per heavy atom. The van der Waals surface area contributed by atoms with Gasteiger partial charge in [0.05, 0.1) is 5.41 Å². The molecule has 4 aliphatic carbocycles. The molecule has 1 heterocycles. The fraction of sp³-hybridized carbons (Fsp3) is 0.667. The number of halogens is 2. The van der Waals surface area contributed by atoms with Crippen molar-refractivity contribution in [1.82, 2.24) is 4.90 Å². The number of benzene rings is 1. The van der Waals surface area contributed by atoms with Crippen LogP contribution in [0.15, 0.2) is 24.3 Å². The standard InChI is InChI=1S/C21H26BrClN2O/c22-21-12-15-8-16(13-21)11-20(10-15,14-21)19(26)25-6-4-24(5-7-25)18-3-1-2-17(23)9-18/h1-3,9,15-16H,4-8,10-14H2. The van der Waals surface area contributed by atoms with E-state index in [0.717, 1.165) is 62.3 Å². The molecule has 5 fully saturated rings. The highest BCUT2D eigenvalue weighted by Gasteiger charge is 2.60. The number of anilines is 1. The minimum Gasteiger partial charge on any atom is -0.368 e. The molecule has 0 spiro atoms. The second-order valence-corrected chi connectivity index (χ2v) is 11.3. The van der Waals surface area contributed by atoms with E-state index < -0.39 is 0 Å². The maximum atomic E-state index is 13.6. The molecule has 6 rings (SSSR count). The first-order valence-corrected chi connectivity index (χ1v) is 11.1. The predicted octanol–water partition coefficient (Wildman–Crippen LogP) is 4.72. The van der Waals surface area contributed by atoms with Crippen molar-refractivity contribution >= 4 is 39.1 Å². The van der Waals surface area contributed by atoms with Crippen LogP contribution < -0.4 is 4.90 Å². The van der Waals surface area contributed by atoms with Gasteiger partial charge in [-0.2, -0.15) is 0 Å². The van der Waals surface area contributed by atoms with Crippen LogP contribution in [0.1, 0.15) is 38.5 Å². The number of hydrogen-bond acceptors (Lipinski definition) is 2. The molecule has 3 nitrogen and oxygen atoms in total. The summed E-state index contributed by atoms with van der Waals surface area (Å²) < 4.78 is 0.245. The largest absolute Gasteiger partial charge is 0.368 e. The number of carbonyl (C=O) groups excluding carboxylic acids is 1. The number of nitrogens with zero attached hydrogens (tertiary/aromatic N) is 2. The van der Waals surface area contributed by atoms with Gasteiger partial charge in [0.1, 0.15) is 0 Å². The molecule has 140 valence electrons. The summed E-state index contributed by atoms with van der Waals surface area (Å²) in [7, 11) is 0. The lowest BCUT2D eigenvalue weighted by Gasteiger charge is -2.60. The Kier molecular flexibility index (Phi) is 4.10. The van der Waals surface area contributed by atoms with Crippen molar-refractivity contribution in [2.24, 2.45) is 17.3 Å². The van der Waals surface area contributed by atoms with Gasteiger partial charge in [0.15, 0.2) is 0 Å². The topological polar surface area (TPSA) is 23.6 Å². The number of hydrogen-bond donors (Lipinski definition) is 0. The van der Waals surface area contributed by atoms with Gasteiger partial charge in [-0.05, 0) is 68.6 Å². The normalized spacial score (nSPS) is 38.7. The first kappa shape index (κ1) is 17.4. The van der Waals surface area contributed by atoms with Crippen LogP contribution in [-0.2, 0) is 4.79 Å². The van der Waals surface area contributed by atoms with Gasteiger partial charge in [-0.15, -0.1) is 0 Å². The van der Waals surface area contributed by atoms with Gasteiger partial charge in [-0.1, -0.05) is 33.6 Å². The molecule has 2 unspecified atom stereocenters. The second-order valence-electron chi connectivity index (χ2n) is 9.15. The van der Waals surface area contributed by atoms with E-state index in [4.69, 9.17) is 11.6 Å². The van der Waals surface area contributed by atoms with Gasteiger partial charge < -0.3 is 9.80 Å². The monoisotopic (exact) mass is 436 g/mol. The van der Waals surface area contributed by atoms with E-state index in [1.54, 1.807) is 0 Å². The molecule has 5 heteroatoms. The lowest BCUT2D eigenvalue weighted by molar-refractivity contribution is -0.155. The molecule has 4 saturated carbocycles. The number of piperazine rings is 1. The first-order valence-electron chi connectivity index (χ1n) is 9.94. The van der Waals surface area contributed by atoms with Gasteiger partial charge >= 0.3 is 0 Å². The van der Waals surface area contributed by atoms with Crippen LogP contribution in [0, 0.1) is 17.3 Å². The smallest absolute Gasteiger partial charge is 0.228 e. The molecule has 0 aromatic heterocycles. The SMILES string of the molecule is O=C(N1CCN(c2cccc(Cl)c2)CC1)C12CC3CC(CC(Br)(C3)C1)C2. The summed E-state index contributed by atoms with van der Waals surface area (Å²) in [4.78, 5) is 18.1. The van der Waals surface area contributed by atoms with E-state index in [0.29, 0.717) is 5.91 Å². The van der Waals surface area contributed by atoms with Crippen molar-refractivity contribution in [3.63, 3.8) is 0 Å². The molecule has 26 heavy (non-hydrogen) atoms. The van der Waals surface area contributed by atoms with Gasteiger partial charge in [0, 0.05) is 41.2 Å². The lowest BCUT2D eigenvalue weighted by atomic mass is 9.49. The summed E-state index contributed by atoms with van der Waals surface area (Å²) in [6.07, 6.45) is 7.22.